The average Bonchev–Trinajstić information content (AvgIpc) is 2.65. The van der Waals surface area contributed by atoms with Crippen LogP contribution in [0.2, 0.25) is 0 Å². The van der Waals surface area contributed by atoms with Gasteiger partial charge in [-0.05, 0) is 37.3 Å². The molecule has 0 atom stereocenters. The Morgan fingerprint density at radius 1 is 1.15 bits per heavy atom. The number of hydrogen-bond donors (Lipinski definition) is 0. The monoisotopic (exact) mass is 363 g/mol. The van der Waals surface area contributed by atoms with Gasteiger partial charge < -0.3 is 14.4 Å². The van der Waals surface area contributed by atoms with Crippen LogP contribution in [0.1, 0.15) is 19.8 Å². The second-order valence-corrected chi connectivity index (χ2v) is 5.96. The molecular formula is C18H19F2N3O3. The first-order valence-corrected chi connectivity index (χ1v) is 8.38. The fourth-order valence-electron chi connectivity index (χ4n) is 2.71. The first kappa shape index (κ1) is 18.0. The predicted molar refractivity (Wildman–Crippen MR) is 90.4 cm³/mol. The molecule has 0 amide bonds. The third-order valence-electron chi connectivity index (χ3n) is 4.18. The summed E-state index contributed by atoms with van der Waals surface area (Å²) in [6, 6.07) is 8.91. The number of aromatic nitrogens is 2. The molecule has 0 bridgehead atoms. The van der Waals surface area contributed by atoms with Crippen LogP contribution in [0.15, 0.2) is 36.4 Å². The molecule has 1 fully saturated rings. The van der Waals surface area contributed by atoms with Gasteiger partial charge in [0.25, 0.3) is 0 Å². The summed E-state index contributed by atoms with van der Waals surface area (Å²) in [5.74, 6) is 0.138. The minimum atomic E-state index is -1.94. The van der Waals surface area contributed by atoms with Gasteiger partial charge in [0.15, 0.2) is 5.82 Å². The number of esters is 1. The van der Waals surface area contributed by atoms with E-state index in [2.05, 4.69) is 10.2 Å². The second kappa shape index (κ2) is 7.63. The molecule has 1 saturated heterocycles. The van der Waals surface area contributed by atoms with Crippen molar-refractivity contribution in [3.63, 3.8) is 0 Å². The molecule has 0 aliphatic carbocycles. The minimum absolute atomic E-state index is 0.0430. The molecule has 0 radical (unpaired) electrons. The maximum absolute atomic E-state index is 14.6. The molecule has 1 aromatic heterocycles. The molecule has 0 spiro atoms. The molecule has 26 heavy (non-hydrogen) atoms. The zero-order valence-electron chi connectivity index (χ0n) is 14.3. The smallest absolute Gasteiger partial charge is 0.344 e. The lowest BCUT2D eigenvalue weighted by Crippen LogP contribution is -2.47. The highest BCUT2D eigenvalue weighted by molar-refractivity contribution is 5.79. The fourth-order valence-corrected chi connectivity index (χ4v) is 2.71. The molecule has 0 unspecified atom stereocenters. The molecule has 2 aromatic rings. The molecule has 0 N–H and O–H groups in total. The van der Waals surface area contributed by atoms with Crippen molar-refractivity contribution in [2.45, 2.75) is 25.4 Å². The van der Waals surface area contributed by atoms with Crippen molar-refractivity contribution >= 4 is 11.8 Å². The summed E-state index contributed by atoms with van der Waals surface area (Å²) in [6.45, 7) is 2.49. The first-order chi connectivity index (χ1) is 12.5. The lowest BCUT2D eigenvalue weighted by Gasteiger charge is -2.35. The molecule has 0 saturated carbocycles. The van der Waals surface area contributed by atoms with Crippen LogP contribution >= 0.6 is 0 Å². The van der Waals surface area contributed by atoms with Gasteiger partial charge in [-0.1, -0.05) is 0 Å². The average molecular weight is 363 g/mol. The molecule has 6 nitrogen and oxygen atoms in total. The highest BCUT2D eigenvalue weighted by atomic mass is 19.1. The third kappa shape index (κ3) is 4.07. The molecular weight excluding hydrogens is 344 g/mol. The number of nitrogens with zero attached hydrogens (tertiary/aromatic N) is 3. The standard InChI is InChI=1S/C18H19F2N3O3/c1-2-25-17(24)18(20)9-11-23(12-10-18)15-7-8-16(22-21-15)26-14-5-3-13(19)4-6-14/h3-8H,2,9-12H2,1H3. The summed E-state index contributed by atoms with van der Waals surface area (Å²) in [5.41, 5.74) is -1.94. The number of rotatable bonds is 5. The highest BCUT2D eigenvalue weighted by Gasteiger charge is 2.43. The molecule has 2 heterocycles. The molecule has 8 heteroatoms. The van der Waals surface area contributed by atoms with Crippen LogP contribution in [0.4, 0.5) is 14.6 Å². The first-order valence-electron chi connectivity index (χ1n) is 8.38. The van der Waals surface area contributed by atoms with Gasteiger partial charge in [0.2, 0.25) is 11.5 Å². The van der Waals surface area contributed by atoms with Crippen molar-refractivity contribution in [1.82, 2.24) is 10.2 Å². The van der Waals surface area contributed by atoms with E-state index in [1.807, 2.05) is 4.90 Å². The summed E-state index contributed by atoms with van der Waals surface area (Å²) in [5, 5.41) is 8.06. The largest absolute Gasteiger partial charge is 0.464 e. The van der Waals surface area contributed by atoms with E-state index in [0.717, 1.165) is 0 Å². The van der Waals surface area contributed by atoms with Gasteiger partial charge in [-0.15, -0.1) is 10.2 Å². The quantitative estimate of drug-likeness (QED) is 0.760. The Morgan fingerprint density at radius 3 is 2.42 bits per heavy atom. The summed E-state index contributed by atoms with van der Waals surface area (Å²) >= 11 is 0. The number of carbonyl (C=O) groups excluding carboxylic acids is 1. The lowest BCUT2D eigenvalue weighted by molar-refractivity contribution is -0.158. The molecule has 1 aliphatic rings. The van der Waals surface area contributed by atoms with Crippen molar-refractivity contribution in [3.8, 4) is 11.6 Å². The van der Waals surface area contributed by atoms with Gasteiger partial charge >= 0.3 is 5.97 Å². The third-order valence-corrected chi connectivity index (χ3v) is 4.18. The number of halogens is 2. The van der Waals surface area contributed by atoms with E-state index < -0.39 is 11.6 Å². The molecule has 138 valence electrons. The molecule has 1 aromatic carbocycles. The number of benzene rings is 1. The van der Waals surface area contributed by atoms with Crippen LogP contribution in [0.25, 0.3) is 0 Å². The predicted octanol–water partition coefficient (Wildman–Crippen LogP) is 3.28. The minimum Gasteiger partial charge on any atom is -0.464 e. The number of hydrogen-bond acceptors (Lipinski definition) is 6. The van der Waals surface area contributed by atoms with Gasteiger partial charge in [-0.3, -0.25) is 0 Å². The molecule has 3 rings (SSSR count). The fraction of sp³-hybridized carbons (Fsp3) is 0.389. The van der Waals surface area contributed by atoms with Crippen molar-refractivity contribution in [1.29, 1.82) is 0 Å². The van der Waals surface area contributed by atoms with E-state index in [1.165, 1.54) is 24.3 Å². The van der Waals surface area contributed by atoms with Crippen molar-refractivity contribution in [2.24, 2.45) is 0 Å². The van der Waals surface area contributed by atoms with Crippen LogP contribution in [0.3, 0.4) is 0 Å². The van der Waals surface area contributed by atoms with Crippen LogP contribution in [-0.4, -0.2) is 41.5 Å². The maximum Gasteiger partial charge on any atom is 0.344 e. The van der Waals surface area contributed by atoms with Crippen LogP contribution in [0, 0.1) is 5.82 Å². The summed E-state index contributed by atoms with van der Waals surface area (Å²) < 4.78 is 37.8. The Balaban J connectivity index is 1.59. The van der Waals surface area contributed by atoms with E-state index in [9.17, 15) is 13.6 Å². The number of ether oxygens (including phenoxy) is 2. The summed E-state index contributed by atoms with van der Waals surface area (Å²) in [7, 11) is 0. The van der Waals surface area contributed by atoms with Crippen LogP contribution in [0.5, 0.6) is 11.6 Å². The van der Waals surface area contributed by atoms with Crippen LogP contribution in [-0.2, 0) is 9.53 Å². The van der Waals surface area contributed by atoms with Crippen molar-refractivity contribution < 1.29 is 23.0 Å². The van der Waals surface area contributed by atoms with Gasteiger partial charge in [0.1, 0.15) is 11.6 Å². The number of alkyl halides is 1. The summed E-state index contributed by atoms with van der Waals surface area (Å²) in [4.78, 5) is 13.6. The van der Waals surface area contributed by atoms with E-state index >= 15 is 0 Å². The Bertz CT molecular complexity index is 745. The van der Waals surface area contributed by atoms with Gasteiger partial charge in [0, 0.05) is 32.0 Å². The normalized spacial score (nSPS) is 16.2. The highest BCUT2D eigenvalue weighted by Crippen LogP contribution is 2.30. The lowest BCUT2D eigenvalue weighted by atomic mass is 9.93. The SMILES string of the molecule is CCOC(=O)C1(F)CCN(c2ccc(Oc3ccc(F)cc3)nn2)CC1. The maximum atomic E-state index is 14.6. The van der Waals surface area contributed by atoms with Crippen molar-refractivity contribution in [2.75, 3.05) is 24.6 Å². The van der Waals surface area contributed by atoms with Gasteiger partial charge in [-0.25, -0.2) is 13.6 Å². The van der Waals surface area contributed by atoms with Gasteiger partial charge in [-0.2, -0.15) is 0 Å². The van der Waals surface area contributed by atoms with E-state index in [1.54, 1.807) is 19.1 Å². The van der Waals surface area contributed by atoms with E-state index in [4.69, 9.17) is 9.47 Å². The zero-order chi connectivity index (χ0) is 18.6. The van der Waals surface area contributed by atoms with Crippen LogP contribution < -0.4 is 9.64 Å². The Labute approximate surface area is 149 Å². The summed E-state index contributed by atoms with van der Waals surface area (Å²) in [6.07, 6.45) is 0.0860. The van der Waals surface area contributed by atoms with E-state index in [-0.39, 0.29) is 31.1 Å². The van der Waals surface area contributed by atoms with E-state index in [0.29, 0.717) is 24.7 Å². The Kier molecular flexibility index (Phi) is 5.29. The number of carbonyl (C=O) groups is 1. The molecule has 1 aliphatic heterocycles. The van der Waals surface area contributed by atoms with Gasteiger partial charge in [0.05, 0.1) is 6.61 Å². The Morgan fingerprint density at radius 2 is 1.85 bits per heavy atom. The Hall–Kier alpha value is -2.77. The topological polar surface area (TPSA) is 64.5 Å². The second-order valence-electron chi connectivity index (χ2n) is 5.96. The zero-order valence-corrected chi connectivity index (χ0v) is 14.3. The number of piperidine rings is 1. The van der Waals surface area contributed by atoms with Crippen molar-refractivity contribution in [3.05, 3.63) is 42.2 Å². The number of anilines is 1.